The second-order valence-corrected chi connectivity index (χ2v) is 5.03. The van der Waals surface area contributed by atoms with E-state index >= 15 is 0 Å². The Hall–Kier alpha value is -1.60. The molecule has 100 valence electrons. The molecular weight excluding hydrogens is 258 g/mol. The number of carbonyl (C=O) groups excluding carboxylic acids is 1. The van der Waals surface area contributed by atoms with Crippen LogP contribution in [0.5, 0.6) is 0 Å². The van der Waals surface area contributed by atoms with Crippen molar-refractivity contribution in [2.45, 2.75) is 12.7 Å². The highest BCUT2D eigenvalue weighted by Gasteiger charge is 2.06. The van der Waals surface area contributed by atoms with Crippen LogP contribution in [0.2, 0.25) is 0 Å². The van der Waals surface area contributed by atoms with Crippen LogP contribution >= 0.6 is 0 Å². The highest BCUT2D eigenvalue weighted by Crippen LogP contribution is 2.11. The van der Waals surface area contributed by atoms with Gasteiger partial charge in [0.15, 0.2) is 0 Å². The number of nitrogens with one attached hydrogen (secondary N) is 1. The third-order valence-corrected chi connectivity index (χ3v) is 2.74. The van der Waals surface area contributed by atoms with E-state index in [1.807, 2.05) is 0 Å². The molecule has 0 atom stereocenters. The van der Waals surface area contributed by atoms with Crippen molar-refractivity contribution >= 4 is 21.8 Å². The lowest BCUT2D eigenvalue weighted by molar-refractivity contribution is -0.140. The predicted octanol–water partition coefficient (Wildman–Crippen LogP) is 1.05. The topological polar surface area (TPSA) is 92.7 Å². The summed E-state index contributed by atoms with van der Waals surface area (Å²) in [6.45, 7) is 2.10. The number of rotatable bonds is 6. The fraction of sp³-hybridized carbons (Fsp3) is 0.364. The van der Waals surface area contributed by atoms with Gasteiger partial charge in [-0.25, -0.2) is 0 Å². The molecule has 18 heavy (non-hydrogen) atoms. The number of esters is 1. The number of ether oxygens (including phenoxy) is 1. The van der Waals surface area contributed by atoms with E-state index in [0.29, 0.717) is 17.9 Å². The molecule has 0 fully saturated rings. The summed E-state index contributed by atoms with van der Waals surface area (Å²) in [5.41, 5.74) is 1.14. The minimum absolute atomic E-state index is 0.0471. The maximum absolute atomic E-state index is 11.1. The van der Waals surface area contributed by atoms with E-state index in [1.165, 1.54) is 0 Å². The van der Waals surface area contributed by atoms with Gasteiger partial charge in [0.25, 0.3) is 10.1 Å². The van der Waals surface area contributed by atoms with E-state index in [-0.39, 0.29) is 12.5 Å². The summed E-state index contributed by atoms with van der Waals surface area (Å²) in [7, 11) is -4.02. The Bertz CT molecular complexity index is 495. The molecule has 0 unspecified atom stereocenters. The normalized spacial score (nSPS) is 11.0. The van der Waals surface area contributed by atoms with Gasteiger partial charge in [-0.15, -0.1) is 0 Å². The summed E-state index contributed by atoms with van der Waals surface area (Å²) in [4.78, 5) is 11.1. The first-order chi connectivity index (χ1) is 8.40. The fourth-order valence-corrected chi connectivity index (χ4v) is 1.93. The van der Waals surface area contributed by atoms with Gasteiger partial charge in [-0.2, -0.15) is 8.42 Å². The van der Waals surface area contributed by atoms with E-state index in [1.54, 1.807) is 31.2 Å². The van der Waals surface area contributed by atoms with Gasteiger partial charge in [-0.05, 0) is 24.6 Å². The SMILES string of the molecule is CCOC(=O)CNc1ccc(CS(=O)(=O)O)cc1. The summed E-state index contributed by atoms with van der Waals surface area (Å²) in [6.07, 6.45) is 0. The molecular formula is C11H15NO5S. The molecule has 0 aliphatic rings. The standard InChI is InChI=1S/C11H15NO5S/c1-2-17-11(13)7-12-10-5-3-9(4-6-10)8-18(14,15)16/h3-6,12H,2,7-8H2,1H3,(H,14,15,16). The zero-order valence-electron chi connectivity index (χ0n) is 9.92. The molecule has 1 aromatic carbocycles. The summed E-state index contributed by atoms with van der Waals surface area (Å²) in [6, 6.07) is 6.36. The maximum atomic E-state index is 11.1. The quantitative estimate of drug-likeness (QED) is 0.594. The summed E-state index contributed by atoms with van der Waals surface area (Å²) in [5.74, 6) is -0.787. The number of hydrogen-bond acceptors (Lipinski definition) is 5. The lowest BCUT2D eigenvalue weighted by Crippen LogP contribution is -2.16. The molecule has 2 N–H and O–H groups in total. The Morgan fingerprint density at radius 3 is 2.44 bits per heavy atom. The van der Waals surface area contributed by atoms with Crippen LogP contribution in [0.25, 0.3) is 0 Å². The molecule has 0 spiro atoms. The highest BCUT2D eigenvalue weighted by atomic mass is 32.2. The zero-order valence-corrected chi connectivity index (χ0v) is 10.7. The van der Waals surface area contributed by atoms with Gasteiger partial charge in [0.1, 0.15) is 12.3 Å². The van der Waals surface area contributed by atoms with Crippen molar-refractivity contribution in [1.82, 2.24) is 0 Å². The van der Waals surface area contributed by atoms with Gasteiger partial charge in [0.05, 0.1) is 6.61 Å². The van der Waals surface area contributed by atoms with Crippen LogP contribution in [0.3, 0.4) is 0 Å². The van der Waals surface area contributed by atoms with Crippen molar-refractivity contribution in [3.63, 3.8) is 0 Å². The van der Waals surface area contributed by atoms with Gasteiger partial charge in [0.2, 0.25) is 0 Å². The molecule has 0 saturated carbocycles. The smallest absolute Gasteiger partial charge is 0.325 e. The molecule has 0 saturated heterocycles. The van der Waals surface area contributed by atoms with Crippen molar-refractivity contribution < 1.29 is 22.5 Å². The Morgan fingerprint density at radius 1 is 1.33 bits per heavy atom. The largest absolute Gasteiger partial charge is 0.465 e. The van der Waals surface area contributed by atoms with Crippen LogP contribution < -0.4 is 5.32 Å². The predicted molar refractivity (Wildman–Crippen MR) is 66.8 cm³/mol. The lowest BCUT2D eigenvalue weighted by Gasteiger charge is -2.06. The van der Waals surface area contributed by atoms with Gasteiger partial charge >= 0.3 is 5.97 Å². The van der Waals surface area contributed by atoms with E-state index in [0.717, 1.165) is 0 Å². The Balaban J connectivity index is 2.53. The molecule has 0 bridgehead atoms. The number of hydrogen-bond donors (Lipinski definition) is 2. The van der Waals surface area contributed by atoms with Crippen LogP contribution in [0.4, 0.5) is 5.69 Å². The third-order valence-electron chi connectivity index (χ3n) is 2.05. The van der Waals surface area contributed by atoms with Crippen LogP contribution in [-0.4, -0.2) is 32.1 Å². The van der Waals surface area contributed by atoms with Gasteiger partial charge in [-0.1, -0.05) is 12.1 Å². The molecule has 1 aromatic rings. The van der Waals surface area contributed by atoms with Gasteiger partial charge < -0.3 is 10.1 Å². The first-order valence-electron chi connectivity index (χ1n) is 5.34. The molecule has 0 heterocycles. The van der Waals surface area contributed by atoms with Crippen LogP contribution in [-0.2, 0) is 25.4 Å². The Kier molecular flexibility index (Phi) is 5.11. The Morgan fingerprint density at radius 2 is 1.94 bits per heavy atom. The van der Waals surface area contributed by atoms with Gasteiger partial charge in [0, 0.05) is 5.69 Å². The van der Waals surface area contributed by atoms with Crippen molar-refractivity contribution in [2.75, 3.05) is 18.5 Å². The average Bonchev–Trinajstić information content (AvgIpc) is 2.26. The Labute approximate surface area is 106 Å². The van der Waals surface area contributed by atoms with E-state index in [9.17, 15) is 13.2 Å². The third kappa shape index (κ3) is 5.65. The van der Waals surface area contributed by atoms with E-state index in [4.69, 9.17) is 9.29 Å². The second kappa shape index (κ2) is 6.36. The summed E-state index contributed by atoms with van der Waals surface area (Å²) >= 11 is 0. The van der Waals surface area contributed by atoms with Gasteiger partial charge in [-0.3, -0.25) is 9.35 Å². The monoisotopic (exact) mass is 273 g/mol. The fourth-order valence-electron chi connectivity index (χ4n) is 1.32. The average molecular weight is 273 g/mol. The van der Waals surface area contributed by atoms with Crippen LogP contribution in [0, 0.1) is 0 Å². The molecule has 6 nitrogen and oxygen atoms in total. The lowest BCUT2D eigenvalue weighted by atomic mass is 10.2. The first kappa shape index (κ1) is 14.5. The van der Waals surface area contributed by atoms with Crippen molar-refractivity contribution in [1.29, 1.82) is 0 Å². The molecule has 0 aliphatic heterocycles. The van der Waals surface area contributed by atoms with E-state index in [2.05, 4.69) is 5.32 Å². The number of anilines is 1. The summed E-state index contributed by atoms with van der Waals surface area (Å²) < 4.78 is 34.7. The number of carbonyl (C=O) groups is 1. The first-order valence-corrected chi connectivity index (χ1v) is 6.95. The molecule has 1 rings (SSSR count). The van der Waals surface area contributed by atoms with Crippen LogP contribution in [0.15, 0.2) is 24.3 Å². The molecule has 0 aliphatic carbocycles. The van der Waals surface area contributed by atoms with Crippen LogP contribution in [0.1, 0.15) is 12.5 Å². The molecule has 0 radical (unpaired) electrons. The maximum Gasteiger partial charge on any atom is 0.325 e. The van der Waals surface area contributed by atoms with Crippen molar-refractivity contribution in [3.8, 4) is 0 Å². The minimum atomic E-state index is -4.02. The van der Waals surface area contributed by atoms with E-state index < -0.39 is 15.9 Å². The second-order valence-electron chi connectivity index (χ2n) is 3.58. The minimum Gasteiger partial charge on any atom is -0.465 e. The summed E-state index contributed by atoms with van der Waals surface area (Å²) in [5, 5.41) is 2.83. The van der Waals surface area contributed by atoms with Crippen molar-refractivity contribution in [3.05, 3.63) is 29.8 Å². The zero-order chi connectivity index (χ0) is 13.6. The molecule has 0 aromatic heterocycles. The highest BCUT2D eigenvalue weighted by molar-refractivity contribution is 7.85. The molecule has 0 amide bonds. The van der Waals surface area contributed by atoms with Crippen molar-refractivity contribution in [2.24, 2.45) is 0 Å². The molecule has 7 heteroatoms. The number of benzene rings is 1.